The first-order valence-electron chi connectivity index (χ1n) is 4.49. The Labute approximate surface area is 87.5 Å². The van der Waals surface area contributed by atoms with Crippen molar-refractivity contribution in [2.45, 2.75) is 6.92 Å². The molecule has 0 aromatic heterocycles. The Kier molecular flexibility index (Phi) is 4.00. The Morgan fingerprint density at radius 1 is 1.20 bits per heavy atom. The van der Waals surface area contributed by atoms with Crippen LogP contribution >= 0.6 is 0 Å². The third kappa shape index (κ3) is 3.91. The Morgan fingerprint density at radius 3 is 2.33 bits per heavy atom. The Bertz CT molecular complexity index is 353. The molecule has 15 heavy (non-hydrogen) atoms. The third-order valence-electron chi connectivity index (χ3n) is 1.83. The van der Waals surface area contributed by atoms with Crippen LogP contribution in [0.5, 0.6) is 0 Å². The summed E-state index contributed by atoms with van der Waals surface area (Å²) in [5.74, 6) is -1.29. The van der Waals surface area contributed by atoms with Crippen molar-refractivity contribution in [3.63, 3.8) is 0 Å². The van der Waals surface area contributed by atoms with Gasteiger partial charge < -0.3 is 9.84 Å². The predicted octanol–water partition coefficient (Wildman–Crippen LogP) is 1.28. The third-order valence-corrected chi connectivity index (χ3v) is 1.83. The first-order chi connectivity index (χ1) is 7.09. The molecule has 0 radical (unpaired) electrons. The molecule has 1 rings (SSSR count). The molecule has 4 nitrogen and oxygen atoms in total. The van der Waals surface area contributed by atoms with Crippen molar-refractivity contribution < 1.29 is 19.4 Å². The van der Waals surface area contributed by atoms with Gasteiger partial charge in [-0.15, -0.1) is 0 Å². The second kappa shape index (κ2) is 5.26. The van der Waals surface area contributed by atoms with Crippen LogP contribution in [0.1, 0.15) is 15.9 Å². The summed E-state index contributed by atoms with van der Waals surface area (Å²) >= 11 is 0. The van der Waals surface area contributed by atoms with Gasteiger partial charge in [0.15, 0.2) is 5.78 Å². The van der Waals surface area contributed by atoms with Gasteiger partial charge in [0.25, 0.3) is 0 Å². The molecule has 0 saturated carbocycles. The molecule has 1 aromatic rings. The lowest BCUT2D eigenvalue weighted by atomic mass is 10.1. The smallest absolute Gasteiger partial charge is 0.329 e. The zero-order valence-electron chi connectivity index (χ0n) is 8.40. The summed E-state index contributed by atoms with van der Waals surface area (Å²) < 4.78 is 4.69. The number of ketones is 1. The van der Waals surface area contributed by atoms with Gasteiger partial charge in [-0.2, -0.15) is 0 Å². The number of aryl methyl sites for hydroxylation is 1. The zero-order valence-corrected chi connectivity index (χ0v) is 8.40. The van der Waals surface area contributed by atoms with E-state index in [4.69, 9.17) is 9.84 Å². The Morgan fingerprint density at radius 2 is 1.80 bits per heavy atom. The molecule has 0 aliphatic carbocycles. The second-order valence-electron chi connectivity index (χ2n) is 3.18. The van der Waals surface area contributed by atoms with E-state index in [9.17, 15) is 9.59 Å². The molecule has 0 atom stereocenters. The molecule has 4 heteroatoms. The Hall–Kier alpha value is -1.68. The van der Waals surface area contributed by atoms with E-state index in [0.717, 1.165) is 5.56 Å². The van der Waals surface area contributed by atoms with E-state index < -0.39 is 12.6 Å². The average Bonchev–Trinajstić information content (AvgIpc) is 2.18. The van der Waals surface area contributed by atoms with Gasteiger partial charge in [-0.05, 0) is 6.92 Å². The molecule has 80 valence electrons. The number of benzene rings is 1. The maximum atomic E-state index is 11.4. The first kappa shape index (κ1) is 11.4. The molecule has 1 N–H and O–H groups in total. The zero-order chi connectivity index (χ0) is 11.3. The Balaban J connectivity index is 2.47. The lowest BCUT2D eigenvalue weighted by molar-refractivity contribution is -0.141. The minimum atomic E-state index is -1.08. The highest BCUT2D eigenvalue weighted by Gasteiger charge is 2.06. The molecule has 0 saturated heterocycles. The van der Waals surface area contributed by atoms with Gasteiger partial charge in [0, 0.05) is 5.56 Å². The fourth-order valence-electron chi connectivity index (χ4n) is 1.05. The average molecular weight is 208 g/mol. The van der Waals surface area contributed by atoms with Crippen LogP contribution in [-0.2, 0) is 9.53 Å². The highest BCUT2D eigenvalue weighted by atomic mass is 16.5. The van der Waals surface area contributed by atoms with Crippen molar-refractivity contribution in [1.29, 1.82) is 0 Å². The number of rotatable bonds is 5. The molecule has 0 unspecified atom stereocenters. The monoisotopic (exact) mass is 208 g/mol. The van der Waals surface area contributed by atoms with Crippen LogP contribution in [-0.4, -0.2) is 30.1 Å². The predicted molar refractivity (Wildman–Crippen MR) is 54.0 cm³/mol. The largest absolute Gasteiger partial charge is 0.480 e. The number of aliphatic carboxylic acids is 1. The van der Waals surface area contributed by atoms with Gasteiger partial charge in [-0.1, -0.05) is 29.8 Å². The molecule has 1 aromatic carbocycles. The van der Waals surface area contributed by atoms with Gasteiger partial charge in [0.05, 0.1) is 0 Å². The summed E-state index contributed by atoms with van der Waals surface area (Å²) in [6.45, 7) is 1.28. The quantitative estimate of drug-likeness (QED) is 0.740. The fourth-order valence-corrected chi connectivity index (χ4v) is 1.05. The second-order valence-corrected chi connectivity index (χ2v) is 3.18. The summed E-state index contributed by atoms with van der Waals surface area (Å²) in [5, 5.41) is 8.30. The summed E-state index contributed by atoms with van der Waals surface area (Å²) in [5.41, 5.74) is 1.60. The van der Waals surface area contributed by atoms with Gasteiger partial charge in [-0.3, -0.25) is 4.79 Å². The van der Waals surface area contributed by atoms with E-state index in [0.29, 0.717) is 5.56 Å². The summed E-state index contributed by atoms with van der Waals surface area (Å²) in [4.78, 5) is 21.5. The molecule has 0 aliphatic rings. The fraction of sp³-hybridized carbons (Fsp3) is 0.273. The first-order valence-corrected chi connectivity index (χ1v) is 4.49. The lowest BCUT2D eigenvalue weighted by Crippen LogP contribution is -2.14. The van der Waals surface area contributed by atoms with Crippen molar-refractivity contribution in [3.8, 4) is 0 Å². The van der Waals surface area contributed by atoms with E-state index in [-0.39, 0.29) is 12.4 Å². The van der Waals surface area contributed by atoms with Crippen molar-refractivity contribution >= 4 is 11.8 Å². The summed E-state index contributed by atoms with van der Waals surface area (Å²) in [6, 6.07) is 7.04. The van der Waals surface area contributed by atoms with Crippen LogP contribution in [0.25, 0.3) is 0 Å². The lowest BCUT2D eigenvalue weighted by Gasteiger charge is -2.01. The molecule has 0 fully saturated rings. The number of hydrogen-bond acceptors (Lipinski definition) is 3. The van der Waals surface area contributed by atoms with Crippen molar-refractivity contribution in [3.05, 3.63) is 35.4 Å². The van der Waals surface area contributed by atoms with E-state index >= 15 is 0 Å². The van der Waals surface area contributed by atoms with E-state index in [1.807, 2.05) is 19.1 Å². The topological polar surface area (TPSA) is 63.6 Å². The van der Waals surface area contributed by atoms with Gasteiger partial charge >= 0.3 is 5.97 Å². The van der Waals surface area contributed by atoms with Crippen LogP contribution in [0.2, 0.25) is 0 Å². The molecule has 0 aliphatic heterocycles. The number of ether oxygens (including phenoxy) is 1. The van der Waals surface area contributed by atoms with Crippen LogP contribution < -0.4 is 0 Å². The minimum absolute atomic E-state index is 0.199. The van der Waals surface area contributed by atoms with Crippen LogP contribution in [0, 0.1) is 6.92 Å². The molecule has 0 heterocycles. The molecular weight excluding hydrogens is 196 g/mol. The van der Waals surface area contributed by atoms with Crippen LogP contribution in [0.3, 0.4) is 0 Å². The normalized spacial score (nSPS) is 9.93. The number of carboxylic acid groups (broad SMARTS) is 1. The van der Waals surface area contributed by atoms with E-state index in [2.05, 4.69) is 0 Å². The van der Waals surface area contributed by atoms with E-state index in [1.165, 1.54) is 0 Å². The maximum Gasteiger partial charge on any atom is 0.329 e. The van der Waals surface area contributed by atoms with Crippen LogP contribution in [0.4, 0.5) is 0 Å². The number of carboxylic acids is 1. The highest BCUT2D eigenvalue weighted by Crippen LogP contribution is 2.04. The number of Topliss-reactive ketones (excluding diaryl/α,β-unsaturated/α-hetero) is 1. The van der Waals surface area contributed by atoms with Gasteiger partial charge in [0.1, 0.15) is 13.2 Å². The van der Waals surface area contributed by atoms with Crippen molar-refractivity contribution in [2.24, 2.45) is 0 Å². The number of hydrogen-bond donors (Lipinski definition) is 1. The minimum Gasteiger partial charge on any atom is -0.480 e. The number of carbonyl (C=O) groups excluding carboxylic acids is 1. The summed E-state index contributed by atoms with van der Waals surface area (Å²) in [7, 11) is 0. The van der Waals surface area contributed by atoms with E-state index in [1.54, 1.807) is 12.1 Å². The van der Waals surface area contributed by atoms with Crippen molar-refractivity contribution in [2.75, 3.05) is 13.2 Å². The number of carbonyl (C=O) groups is 2. The van der Waals surface area contributed by atoms with Gasteiger partial charge in [0.2, 0.25) is 0 Å². The SMILES string of the molecule is Cc1ccc(C(=O)COCC(=O)O)cc1. The van der Waals surface area contributed by atoms with Crippen LogP contribution in [0.15, 0.2) is 24.3 Å². The van der Waals surface area contributed by atoms with Gasteiger partial charge in [-0.25, -0.2) is 4.79 Å². The molecular formula is C11H12O4. The standard InChI is InChI=1S/C11H12O4/c1-8-2-4-9(5-3-8)10(12)6-15-7-11(13)14/h2-5H,6-7H2,1H3,(H,13,14). The summed E-state index contributed by atoms with van der Waals surface area (Å²) in [6.07, 6.45) is 0. The maximum absolute atomic E-state index is 11.4. The molecule has 0 bridgehead atoms. The molecule has 0 amide bonds. The highest BCUT2D eigenvalue weighted by molar-refractivity contribution is 5.97. The molecule has 0 spiro atoms. The van der Waals surface area contributed by atoms with Crippen molar-refractivity contribution in [1.82, 2.24) is 0 Å².